The molecular formula is C77H169N5O7. The minimum absolute atomic E-state index is 0.0110. The van der Waals surface area contributed by atoms with Crippen LogP contribution in [-0.4, -0.2) is 76.5 Å². The second-order valence-electron chi connectivity index (χ2n) is 35.7. The molecule has 0 saturated heterocycles. The van der Waals surface area contributed by atoms with Gasteiger partial charge >= 0.3 is 0 Å². The number of hydrogen-bond acceptors (Lipinski definition) is 10. The molecular weight excluding hydrogens is 1110 g/mol. The summed E-state index contributed by atoms with van der Waals surface area (Å²) in [6.45, 7) is 97.9. The lowest BCUT2D eigenvalue weighted by Gasteiger charge is -2.32. The first-order valence-electron chi connectivity index (χ1n) is 34.3. The van der Waals surface area contributed by atoms with Gasteiger partial charge in [0.1, 0.15) is 17.3 Å². The molecule has 5 unspecified atom stereocenters. The summed E-state index contributed by atoms with van der Waals surface area (Å²) in [4.78, 5) is 34.3. The van der Waals surface area contributed by atoms with Crippen molar-refractivity contribution in [2.24, 2.45) is 125 Å². The highest BCUT2D eigenvalue weighted by molar-refractivity contribution is 5.90. The van der Waals surface area contributed by atoms with Crippen molar-refractivity contribution in [3.05, 3.63) is 10.4 Å². The Bertz CT molecular complexity index is 1640. The molecule has 0 heterocycles. The number of nitrogens with two attached hydrogens (primary N) is 1. The Kier molecular flexibility index (Phi) is 68.6. The van der Waals surface area contributed by atoms with Crippen LogP contribution in [0, 0.1) is 109 Å². The van der Waals surface area contributed by atoms with Gasteiger partial charge in [0.2, 0.25) is 0 Å². The first-order chi connectivity index (χ1) is 38.9. The highest BCUT2D eigenvalue weighted by Gasteiger charge is 2.29. The number of azide groups is 1. The molecule has 0 radical (unpaired) electrons. The molecule has 544 valence electrons. The van der Waals surface area contributed by atoms with E-state index in [0.29, 0.717) is 65.5 Å². The van der Waals surface area contributed by atoms with E-state index in [2.05, 4.69) is 202 Å². The van der Waals surface area contributed by atoms with E-state index in [9.17, 15) is 19.5 Å². The number of methoxy groups -OCH3 is 1. The fourth-order valence-electron chi connectivity index (χ4n) is 7.99. The molecule has 0 aliphatic rings. The SMILES string of the molecule is CC(=O)C(C)C.CC(=O)C(C)C.CC(C)/C(=N\O)C(C)(C)C.CC(C)C(=O)C(C)(C)C.CC(C)C(C)C(C)(C)C.CC(C)C(N)C(C)(C)C.CC(C)C(N=[N+]=[N-])C(C)(C)C.CC(C)C(O)C(C)(C)C.CC(C)CO.CCC(C)C.COC(C(C)C)C(C)(C)C. The number of aliphatic hydroxyl groups excluding tert-OH is 2. The van der Waals surface area contributed by atoms with E-state index in [0.717, 1.165) is 23.5 Å². The maximum atomic E-state index is 11.2. The molecule has 0 rings (SSSR count). The summed E-state index contributed by atoms with van der Waals surface area (Å²) in [7, 11) is 1.79. The Morgan fingerprint density at radius 2 is 0.787 bits per heavy atom. The number of hydrogen-bond donors (Lipinski definition) is 4. The topological polar surface area (TPSA) is 208 Å². The van der Waals surface area contributed by atoms with Gasteiger partial charge in [0.15, 0.2) is 0 Å². The van der Waals surface area contributed by atoms with Crippen LogP contribution in [0.2, 0.25) is 0 Å². The van der Waals surface area contributed by atoms with Gasteiger partial charge in [-0.1, -0.05) is 328 Å². The molecule has 5 N–H and O–H groups in total. The number of Topliss-reactive ketones (excluding diaryl/α,β-unsaturated/α-hetero) is 3. The summed E-state index contributed by atoms with van der Waals surface area (Å²) in [6, 6.07) is 0.407. The molecule has 12 nitrogen and oxygen atoms in total. The van der Waals surface area contributed by atoms with Crippen molar-refractivity contribution in [2.75, 3.05) is 13.7 Å². The quantitative estimate of drug-likeness (QED) is 0.0347. The molecule has 0 aromatic heterocycles. The van der Waals surface area contributed by atoms with Crippen molar-refractivity contribution >= 4 is 23.1 Å². The lowest BCUT2D eigenvalue weighted by atomic mass is 9.76. The monoisotopic (exact) mass is 1280 g/mol. The van der Waals surface area contributed by atoms with E-state index in [1.807, 2.05) is 125 Å². The second-order valence-corrected chi connectivity index (χ2v) is 35.7. The van der Waals surface area contributed by atoms with Crippen LogP contribution in [0.15, 0.2) is 10.3 Å². The molecule has 0 aromatic carbocycles. The van der Waals surface area contributed by atoms with Crippen molar-refractivity contribution in [1.82, 2.24) is 0 Å². The van der Waals surface area contributed by atoms with E-state index in [1.165, 1.54) is 6.42 Å². The number of carbonyl (C=O) groups excluding carboxylic acids is 3. The molecule has 12 heteroatoms. The zero-order chi connectivity index (χ0) is 75.3. The van der Waals surface area contributed by atoms with Crippen molar-refractivity contribution in [3.63, 3.8) is 0 Å². The number of oxime groups is 1. The minimum Gasteiger partial charge on any atom is -0.411 e. The van der Waals surface area contributed by atoms with Crippen molar-refractivity contribution in [1.29, 1.82) is 0 Å². The predicted octanol–water partition coefficient (Wildman–Crippen LogP) is 23.4. The number of rotatable bonds is 13. The lowest BCUT2D eigenvalue weighted by molar-refractivity contribution is -0.129. The Morgan fingerprint density at radius 3 is 0.798 bits per heavy atom. The van der Waals surface area contributed by atoms with Gasteiger partial charge in [-0.15, -0.1) is 0 Å². The number of nitrogens with zero attached hydrogens (tertiary/aromatic N) is 4. The average Bonchev–Trinajstić information content (AvgIpc) is 3.31. The van der Waals surface area contributed by atoms with Crippen LogP contribution in [0.4, 0.5) is 0 Å². The van der Waals surface area contributed by atoms with E-state index < -0.39 is 0 Å². The van der Waals surface area contributed by atoms with E-state index >= 15 is 0 Å². The van der Waals surface area contributed by atoms with Crippen molar-refractivity contribution in [3.8, 4) is 0 Å². The largest absolute Gasteiger partial charge is 0.411 e. The third kappa shape index (κ3) is 79.8. The Labute approximate surface area is 560 Å². The van der Waals surface area contributed by atoms with Gasteiger partial charge in [-0.05, 0) is 99.7 Å². The summed E-state index contributed by atoms with van der Waals surface area (Å²) in [6.07, 6.45) is 1.49. The van der Waals surface area contributed by atoms with Gasteiger partial charge in [0.05, 0.1) is 17.9 Å². The molecule has 0 spiro atoms. The Balaban J connectivity index is -0.0000000842. The molecule has 0 saturated carbocycles. The zero-order valence-corrected chi connectivity index (χ0v) is 69.5. The lowest BCUT2D eigenvalue weighted by Crippen LogP contribution is -2.39. The number of ketones is 3. The molecule has 0 aromatic rings. The van der Waals surface area contributed by atoms with Gasteiger partial charge < -0.3 is 25.9 Å². The highest BCUT2D eigenvalue weighted by atomic mass is 16.5. The smallest absolute Gasteiger partial charge is 0.140 e. The third-order valence-corrected chi connectivity index (χ3v) is 14.5. The van der Waals surface area contributed by atoms with Crippen molar-refractivity contribution < 1.29 is 34.5 Å². The number of carbonyl (C=O) groups is 3. The second kappa shape index (κ2) is 55.0. The molecule has 0 bridgehead atoms. The first kappa shape index (κ1) is 111. The van der Waals surface area contributed by atoms with Crippen LogP contribution >= 0.6 is 0 Å². The van der Waals surface area contributed by atoms with E-state index in [4.69, 9.17) is 26.3 Å². The summed E-state index contributed by atoms with van der Waals surface area (Å²) in [5.74, 6) is 6.69. The summed E-state index contributed by atoms with van der Waals surface area (Å²) < 4.78 is 5.38. The van der Waals surface area contributed by atoms with Crippen LogP contribution < -0.4 is 5.73 Å². The summed E-state index contributed by atoms with van der Waals surface area (Å²) in [5, 5.41) is 33.3. The summed E-state index contributed by atoms with van der Waals surface area (Å²) in [5.41, 5.74) is 16.0. The fraction of sp³-hybridized carbons (Fsp3) is 0.948. The van der Waals surface area contributed by atoms with Crippen LogP contribution in [0.5, 0.6) is 0 Å². The Morgan fingerprint density at radius 1 is 0.472 bits per heavy atom. The van der Waals surface area contributed by atoms with Gasteiger partial charge in [-0.25, -0.2) is 0 Å². The standard InChI is InChI=1S/C9H20O.C9H20.C8H17N3.C8H17NO.C8H19N.C8H18O.C8H16O.2C5H10O.C5H12.C4H10O/c1-7(2)8(10-6)9(3,4)5;1-7(2)8(3)9(4,5)6;1-6(2)7(10-11-9)8(3,4)5;1-6(2)7(9-10)8(3,4)5;3*1-6(2)7(9)8(3,4)5;2*1-4(2)5(3)6;1-4-5(2)3;1-4(2)3-5/h7-8H,1-6H3;7-8H,1-6H3;6-7H,1-5H3;6,10H,1-5H3;6-7H,9H2,1-5H3;6-7,9H,1-5H3;6H,1-5H3;2*4H,1-3H3;5H,4H2,1-3H3;4-5H,3H2,1-2H3/b;;;9-7+;;;;;;;. The van der Waals surface area contributed by atoms with Crippen LogP contribution in [0.25, 0.3) is 10.4 Å². The molecule has 0 fully saturated rings. The number of ether oxygens (including phenoxy) is 1. The van der Waals surface area contributed by atoms with Gasteiger partial charge in [0, 0.05) is 59.3 Å². The molecule has 0 amide bonds. The van der Waals surface area contributed by atoms with E-state index in [-0.39, 0.29) is 74.0 Å². The molecule has 5 atom stereocenters. The molecule has 89 heavy (non-hydrogen) atoms. The average molecular weight is 1280 g/mol. The number of aliphatic hydroxyl groups is 2. The first-order valence-corrected chi connectivity index (χ1v) is 34.3. The van der Waals surface area contributed by atoms with Crippen molar-refractivity contribution in [2.45, 2.75) is 356 Å². The van der Waals surface area contributed by atoms with Crippen LogP contribution in [0.1, 0.15) is 332 Å². The predicted molar refractivity (Wildman–Crippen MR) is 399 cm³/mol. The zero-order valence-electron chi connectivity index (χ0n) is 69.5. The Hall–Kier alpha value is -2.37. The summed E-state index contributed by atoms with van der Waals surface area (Å²) >= 11 is 0. The van der Waals surface area contributed by atoms with E-state index in [1.54, 1.807) is 21.0 Å². The van der Waals surface area contributed by atoms with Crippen LogP contribution in [0.3, 0.4) is 0 Å². The molecule has 0 aliphatic heterocycles. The maximum Gasteiger partial charge on any atom is 0.140 e. The van der Waals surface area contributed by atoms with Gasteiger partial charge in [0.25, 0.3) is 0 Å². The third-order valence-electron chi connectivity index (χ3n) is 14.5. The highest BCUT2D eigenvalue weighted by Crippen LogP contribution is 2.32. The molecule has 0 aliphatic carbocycles. The van der Waals surface area contributed by atoms with Gasteiger partial charge in [-0.3, -0.25) is 14.4 Å². The maximum absolute atomic E-state index is 11.2. The normalized spacial score (nSPS) is 13.7. The fourth-order valence-corrected chi connectivity index (χ4v) is 7.99. The van der Waals surface area contributed by atoms with Crippen LogP contribution in [-0.2, 0) is 19.1 Å². The van der Waals surface area contributed by atoms with Gasteiger partial charge in [-0.2, -0.15) is 0 Å². The minimum atomic E-state index is -0.183.